The van der Waals surface area contributed by atoms with Crippen LogP contribution in [0.3, 0.4) is 0 Å². The molecular formula is C68H118O6. The van der Waals surface area contributed by atoms with E-state index in [1.807, 2.05) is 0 Å². The molecule has 0 heterocycles. The number of unbranched alkanes of at least 4 members (excludes halogenated alkanes) is 32. The van der Waals surface area contributed by atoms with Crippen LogP contribution in [-0.4, -0.2) is 37.2 Å². The largest absolute Gasteiger partial charge is 0.462 e. The van der Waals surface area contributed by atoms with E-state index in [9.17, 15) is 14.4 Å². The van der Waals surface area contributed by atoms with Gasteiger partial charge < -0.3 is 14.2 Å². The molecule has 0 radical (unpaired) electrons. The van der Waals surface area contributed by atoms with Crippen molar-refractivity contribution in [3.63, 3.8) is 0 Å². The quantitative estimate of drug-likeness (QED) is 0.0261. The van der Waals surface area contributed by atoms with Crippen molar-refractivity contribution in [3.05, 3.63) is 85.1 Å². The Bertz CT molecular complexity index is 1420. The first-order valence-electron chi connectivity index (χ1n) is 31.6. The number of rotatable bonds is 57. The van der Waals surface area contributed by atoms with E-state index in [1.54, 1.807) is 0 Å². The van der Waals surface area contributed by atoms with Crippen LogP contribution in [0.4, 0.5) is 0 Å². The van der Waals surface area contributed by atoms with Crippen molar-refractivity contribution in [2.75, 3.05) is 13.2 Å². The number of hydrogen-bond donors (Lipinski definition) is 0. The van der Waals surface area contributed by atoms with E-state index < -0.39 is 6.10 Å². The molecule has 426 valence electrons. The van der Waals surface area contributed by atoms with Gasteiger partial charge in [-0.25, -0.2) is 0 Å². The van der Waals surface area contributed by atoms with E-state index in [0.29, 0.717) is 19.3 Å². The fourth-order valence-electron chi connectivity index (χ4n) is 8.95. The van der Waals surface area contributed by atoms with Crippen LogP contribution >= 0.6 is 0 Å². The molecule has 0 saturated heterocycles. The Morgan fingerprint density at radius 1 is 0.284 bits per heavy atom. The van der Waals surface area contributed by atoms with Crippen molar-refractivity contribution in [2.24, 2.45) is 0 Å². The third-order valence-corrected chi connectivity index (χ3v) is 13.7. The Morgan fingerprint density at radius 2 is 0.527 bits per heavy atom. The summed E-state index contributed by atoms with van der Waals surface area (Å²) in [6.07, 6.45) is 81.9. The molecule has 6 heteroatoms. The molecule has 0 aliphatic carbocycles. The van der Waals surface area contributed by atoms with E-state index >= 15 is 0 Å². The fourth-order valence-corrected chi connectivity index (χ4v) is 8.95. The van der Waals surface area contributed by atoms with E-state index in [4.69, 9.17) is 14.2 Å². The summed E-state index contributed by atoms with van der Waals surface area (Å²) in [7, 11) is 0. The molecule has 0 fully saturated rings. The van der Waals surface area contributed by atoms with E-state index in [2.05, 4.69) is 106 Å². The Labute approximate surface area is 458 Å². The third-order valence-electron chi connectivity index (χ3n) is 13.7. The molecule has 0 bridgehead atoms. The summed E-state index contributed by atoms with van der Waals surface area (Å²) in [4.78, 5) is 38.1. The number of carbonyl (C=O) groups is 3. The molecule has 0 amide bonds. The van der Waals surface area contributed by atoms with Gasteiger partial charge in [-0.3, -0.25) is 14.4 Å². The summed E-state index contributed by atoms with van der Waals surface area (Å²) >= 11 is 0. The molecule has 1 atom stereocenters. The maximum atomic E-state index is 12.9. The van der Waals surface area contributed by atoms with Gasteiger partial charge in [0.25, 0.3) is 0 Å². The van der Waals surface area contributed by atoms with Crippen LogP contribution < -0.4 is 0 Å². The summed E-state index contributed by atoms with van der Waals surface area (Å²) < 4.78 is 16.8. The third kappa shape index (κ3) is 59.5. The van der Waals surface area contributed by atoms with Crippen molar-refractivity contribution in [3.8, 4) is 0 Å². The molecule has 0 aliphatic rings. The SMILES string of the molecule is CC/C=C\C/C=C\C/C=C\C/C=C\C/C=C\C/C=C\C/C=C\CCCCCC(=O)OCC(COC(=O)CCCCCCCCC)OC(=O)CCCCCCCCCCCCCCCCCCCCCCCCCC. The second kappa shape index (κ2) is 62.1. The smallest absolute Gasteiger partial charge is 0.306 e. The first-order chi connectivity index (χ1) is 36.5. The highest BCUT2D eigenvalue weighted by molar-refractivity contribution is 5.71. The standard InChI is InChI=1S/C68H118O6/c1-4-7-10-13-16-18-20-22-24-26-28-30-32-34-36-37-39-41-43-45-47-49-52-55-58-61-67(70)73-64-65(63-72-66(69)60-57-54-51-15-12-9-6-3)74-68(71)62-59-56-53-50-48-46-44-42-40-38-35-33-31-29-27-25-23-21-19-17-14-11-8-5-2/h7,10,16,18,22,24,28,30,34,36,39,41,45,47,65H,4-6,8-9,11-15,17,19-21,23,25-27,29,31-33,35,37-38,40,42-44,46,48-64H2,1-3H3/b10-7-,18-16-,24-22-,30-28-,36-34-,41-39-,47-45-. The molecule has 0 aromatic heterocycles. The molecule has 0 rings (SSSR count). The van der Waals surface area contributed by atoms with Gasteiger partial charge in [0.15, 0.2) is 6.10 Å². The Kier molecular flexibility index (Phi) is 59.3. The lowest BCUT2D eigenvalue weighted by Crippen LogP contribution is -2.30. The lowest BCUT2D eigenvalue weighted by Gasteiger charge is -2.18. The maximum Gasteiger partial charge on any atom is 0.306 e. The molecule has 0 N–H and O–H groups in total. The highest BCUT2D eigenvalue weighted by Gasteiger charge is 2.19. The minimum Gasteiger partial charge on any atom is -0.462 e. The van der Waals surface area contributed by atoms with E-state index in [1.165, 1.54) is 161 Å². The molecule has 1 unspecified atom stereocenters. The van der Waals surface area contributed by atoms with Crippen molar-refractivity contribution in [1.82, 2.24) is 0 Å². The van der Waals surface area contributed by atoms with E-state index in [-0.39, 0.29) is 31.1 Å². The minimum atomic E-state index is -0.787. The average molecular weight is 1030 g/mol. The highest BCUT2D eigenvalue weighted by atomic mass is 16.6. The lowest BCUT2D eigenvalue weighted by molar-refractivity contribution is -0.167. The normalized spacial score (nSPS) is 12.6. The van der Waals surface area contributed by atoms with Gasteiger partial charge in [0.05, 0.1) is 0 Å². The van der Waals surface area contributed by atoms with Crippen molar-refractivity contribution in [1.29, 1.82) is 0 Å². The molecule has 0 saturated carbocycles. The zero-order chi connectivity index (χ0) is 53.6. The molecule has 0 aromatic rings. The van der Waals surface area contributed by atoms with Crippen LogP contribution in [0.5, 0.6) is 0 Å². The van der Waals surface area contributed by atoms with Gasteiger partial charge in [0, 0.05) is 19.3 Å². The van der Waals surface area contributed by atoms with Gasteiger partial charge in [-0.05, 0) is 77.0 Å². The van der Waals surface area contributed by atoms with Gasteiger partial charge in [-0.15, -0.1) is 0 Å². The first kappa shape index (κ1) is 70.6. The molecule has 0 aromatic carbocycles. The highest BCUT2D eigenvalue weighted by Crippen LogP contribution is 2.17. The van der Waals surface area contributed by atoms with Gasteiger partial charge in [0.1, 0.15) is 13.2 Å². The predicted molar refractivity (Wildman–Crippen MR) is 321 cm³/mol. The second-order valence-electron chi connectivity index (χ2n) is 21.0. The molecular weight excluding hydrogens is 913 g/mol. The summed E-state index contributed by atoms with van der Waals surface area (Å²) in [5.41, 5.74) is 0. The monoisotopic (exact) mass is 1030 g/mol. The zero-order valence-electron chi connectivity index (χ0n) is 48.8. The van der Waals surface area contributed by atoms with Gasteiger partial charge in [-0.1, -0.05) is 298 Å². The van der Waals surface area contributed by atoms with Crippen LogP contribution in [0, 0.1) is 0 Å². The van der Waals surface area contributed by atoms with Crippen LogP contribution in [0.1, 0.15) is 310 Å². The summed E-state index contributed by atoms with van der Waals surface area (Å²) in [6, 6.07) is 0. The number of carbonyl (C=O) groups excluding carboxylic acids is 3. The summed E-state index contributed by atoms with van der Waals surface area (Å²) in [5.74, 6) is -0.914. The van der Waals surface area contributed by atoms with Crippen LogP contribution in [0.15, 0.2) is 85.1 Å². The van der Waals surface area contributed by atoms with Crippen molar-refractivity contribution >= 4 is 17.9 Å². The second-order valence-corrected chi connectivity index (χ2v) is 21.0. The molecule has 0 spiro atoms. The number of esters is 3. The Balaban J connectivity index is 4.20. The van der Waals surface area contributed by atoms with Crippen LogP contribution in [-0.2, 0) is 28.6 Å². The van der Waals surface area contributed by atoms with Crippen LogP contribution in [0.25, 0.3) is 0 Å². The molecule has 0 aliphatic heterocycles. The number of allylic oxidation sites excluding steroid dienone is 14. The Hall–Kier alpha value is -3.41. The predicted octanol–water partition coefficient (Wildman–Crippen LogP) is 21.5. The summed E-state index contributed by atoms with van der Waals surface area (Å²) in [5, 5.41) is 0. The Morgan fingerprint density at radius 3 is 0.824 bits per heavy atom. The van der Waals surface area contributed by atoms with Gasteiger partial charge in [-0.2, -0.15) is 0 Å². The van der Waals surface area contributed by atoms with Crippen LogP contribution in [0.2, 0.25) is 0 Å². The number of hydrogen-bond acceptors (Lipinski definition) is 6. The lowest BCUT2D eigenvalue weighted by atomic mass is 10.0. The fraction of sp³-hybridized carbons (Fsp3) is 0.750. The maximum absolute atomic E-state index is 12.9. The summed E-state index contributed by atoms with van der Waals surface area (Å²) in [6.45, 7) is 6.49. The van der Waals surface area contributed by atoms with Gasteiger partial charge >= 0.3 is 17.9 Å². The van der Waals surface area contributed by atoms with Crippen molar-refractivity contribution < 1.29 is 28.6 Å². The van der Waals surface area contributed by atoms with Gasteiger partial charge in [0.2, 0.25) is 0 Å². The van der Waals surface area contributed by atoms with Crippen molar-refractivity contribution in [2.45, 2.75) is 316 Å². The topological polar surface area (TPSA) is 78.9 Å². The molecule has 74 heavy (non-hydrogen) atoms. The minimum absolute atomic E-state index is 0.0846. The average Bonchev–Trinajstić information content (AvgIpc) is 3.40. The molecule has 6 nitrogen and oxygen atoms in total. The number of ether oxygens (including phenoxy) is 3. The first-order valence-corrected chi connectivity index (χ1v) is 31.6. The zero-order valence-corrected chi connectivity index (χ0v) is 48.8. The van der Waals surface area contributed by atoms with E-state index in [0.717, 1.165) is 109 Å².